The minimum absolute atomic E-state index is 0.0302. The molecule has 34 heavy (non-hydrogen) atoms. The van der Waals surface area contributed by atoms with Gasteiger partial charge in [0.1, 0.15) is 11.5 Å². The van der Waals surface area contributed by atoms with Crippen LogP contribution >= 0.6 is 0 Å². The van der Waals surface area contributed by atoms with Gasteiger partial charge in [0.25, 0.3) is 5.91 Å². The molecule has 0 bridgehead atoms. The summed E-state index contributed by atoms with van der Waals surface area (Å²) in [6, 6.07) is 17.0. The predicted octanol–water partition coefficient (Wildman–Crippen LogP) is 6.36. The van der Waals surface area contributed by atoms with E-state index < -0.39 is 0 Å². The average Bonchev–Trinajstić information content (AvgIpc) is 3.72. The molecule has 0 radical (unpaired) electrons. The van der Waals surface area contributed by atoms with Gasteiger partial charge in [-0.1, -0.05) is 26.0 Å². The highest BCUT2D eigenvalue weighted by molar-refractivity contribution is 6.07. The Hall–Kier alpha value is -3.80. The first kappa shape index (κ1) is 23.4. The first-order valence-corrected chi connectivity index (χ1v) is 11.7. The summed E-state index contributed by atoms with van der Waals surface area (Å²) < 4.78 is 17.0. The second-order valence-electron chi connectivity index (χ2n) is 7.98. The third-order valence-corrected chi connectivity index (χ3v) is 5.78. The predicted molar refractivity (Wildman–Crippen MR) is 135 cm³/mol. The quantitative estimate of drug-likeness (QED) is 0.349. The van der Waals surface area contributed by atoms with Gasteiger partial charge in [-0.15, -0.1) is 0 Å². The highest BCUT2D eigenvalue weighted by atomic mass is 16.5. The average molecular weight is 459 g/mol. The SMILES string of the molecule is CC.COc1cc2nccc(Oc3ccc4c(C(=O)NCC5CC5)cccc4c3)c2cc1OC. The molecule has 0 unspecified atom stereocenters. The molecule has 0 saturated heterocycles. The van der Waals surface area contributed by atoms with Crippen LogP contribution in [0.2, 0.25) is 0 Å². The maximum Gasteiger partial charge on any atom is 0.251 e. The highest BCUT2D eigenvalue weighted by Gasteiger charge is 2.22. The highest BCUT2D eigenvalue weighted by Crippen LogP contribution is 2.37. The van der Waals surface area contributed by atoms with E-state index in [9.17, 15) is 4.79 Å². The number of nitrogens with zero attached hydrogens (tertiary/aromatic N) is 1. The van der Waals surface area contributed by atoms with Crippen LogP contribution in [0.15, 0.2) is 60.8 Å². The lowest BCUT2D eigenvalue weighted by Crippen LogP contribution is -2.25. The lowest BCUT2D eigenvalue weighted by Gasteiger charge is -2.13. The summed E-state index contributed by atoms with van der Waals surface area (Å²) in [7, 11) is 3.20. The van der Waals surface area contributed by atoms with Gasteiger partial charge in [0.2, 0.25) is 0 Å². The Bertz CT molecular complexity index is 1310. The number of rotatable bonds is 7. The molecule has 1 N–H and O–H groups in total. The molecule has 1 heterocycles. The van der Waals surface area contributed by atoms with Crippen molar-refractivity contribution in [2.24, 2.45) is 5.92 Å². The van der Waals surface area contributed by atoms with Crippen molar-refractivity contribution in [2.75, 3.05) is 20.8 Å². The summed E-state index contributed by atoms with van der Waals surface area (Å²) in [5.74, 6) is 3.17. The Morgan fingerprint density at radius 1 is 0.941 bits per heavy atom. The van der Waals surface area contributed by atoms with E-state index in [0.29, 0.717) is 34.5 Å². The summed E-state index contributed by atoms with van der Waals surface area (Å²) in [6.45, 7) is 4.75. The third-order valence-electron chi connectivity index (χ3n) is 5.78. The lowest BCUT2D eigenvalue weighted by atomic mass is 10.0. The van der Waals surface area contributed by atoms with Gasteiger partial charge >= 0.3 is 0 Å². The van der Waals surface area contributed by atoms with Gasteiger partial charge in [0, 0.05) is 29.8 Å². The van der Waals surface area contributed by atoms with Crippen LogP contribution in [0, 0.1) is 5.92 Å². The van der Waals surface area contributed by atoms with Gasteiger partial charge in [0.15, 0.2) is 11.5 Å². The van der Waals surface area contributed by atoms with E-state index in [1.54, 1.807) is 20.4 Å². The molecule has 3 aromatic carbocycles. The molecule has 0 atom stereocenters. The Morgan fingerprint density at radius 3 is 2.44 bits per heavy atom. The number of carbonyl (C=O) groups is 1. The van der Waals surface area contributed by atoms with Gasteiger partial charge in [-0.05, 0) is 65.9 Å². The molecule has 1 amide bonds. The topological polar surface area (TPSA) is 69.7 Å². The number of benzene rings is 3. The summed E-state index contributed by atoms with van der Waals surface area (Å²) in [6.07, 6.45) is 4.12. The normalized spacial score (nSPS) is 12.6. The van der Waals surface area contributed by atoms with Crippen molar-refractivity contribution >= 4 is 27.6 Å². The second-order valence-corrected chi connectivity index (χ2v) is 7.98. The van der Waals surface area contributed by atoms with Crippen molar-refractivity contribution in [3.8, 4) is 23.0 Å². The Morgan fingerprint density at radius 2 is 1.71 bits per heavy atom. The Kier molecular flexibility index (Phi) is 7.16. The number of methoxy groups -OCH3 is 2. The fourth-order valence-corrected chi connectivity index (χ4v) is 3.84. The number of hydrogen-bond donors (Lipinski definition) is 1. The van der Waals surface area contributed by atoms with Crippen molar-refractivity contribution < 1.29 is 19.0 Å². The van der Waals surface area contributed by atoms with Crippen molar-refractivity contribution in [2.45, 2.75) is 26.7 Å². The van der Waals surface area contributed by atoms with Crippen LogP contribution in [-0.2, 0) is 0 Å². The van der Waals surface area contributed by atoms with Crippen LogP contribution in [0.5, 0.6) is 23.0 Å². The van der Waals surface area contributed by atoms with E-state index in [0.717, 1.165) is 28.2 Å². The number of aromatic nitrogens is 1. The van der Waals surface area contributed by atoms with Crippen molar-refractivity contribution in [3.05, 3.63) is 66.4 Å². The van der Waals surface area contributed by atoms with Crippen molar-refractivity contribution in [1.29, 1.82) is 0 Å². The molecule has 6 heteroatoms. The maximum absolute atomic E-state index is 12.7. The monoisotopic (exact) mass is 458 g/mol. The largest absolute Gasteiger partial charge is 0.493 e. The smallest absolute Gasteiger partial charge is 0.251 e. The fourth-order valence-electron chi connectivity index (χ4n) is 3.84. The molecular weight excluding hydrogens is 428 g/mol. The van der Waals surface area contributed by atoms with Gasteiger partial charge < -0.3 is 19.5 Å². The third kappa shape index (κ3) is 4.91. The molecule has 176 valence electrons. The van der Waals surface area contributed by atoms with E-state index in [2.05, 4.69) is 10.3 Å². The molecule has 1 saturated carbocycles. The van der Waals surface area contributed by atoms with Crippen LogP contribution in [0.25, 0.3) is 21.7 Å². The van der Waals surface area contributed by atoms with Crippen LogP contribution < -0.4 is 19.5 Å². The van der Waals surface area contributed by atoms with E-state index in [-0.39, 0.29) is 5.91 Å². The van der Waals surface area contributed by atoms with Gasteiger partial charge in [-0.25, -0.2) is 0 Å². The Balaban J connectivity index is 0.00000133. The zero-order valence-electron chi connectivity index (χ0n) is 20.1. The number of nitrogens with one attached hydrogen (secondary N) is 1. The van der Waals surface area contributed by atoms with Crippen LogP contribution in [-0.4, -0.2) is 31.7 Å². The molecule has 1 aliphatic rings. The molecular formula is C28H30N2O4. The number of ether oxygens (including phenoxy) is 3. The standard InChI is InChI=1S/C26H24N2O4.C2H6/c1-30-24-13-21-22(14-25(24)31-2)27-11-10-23(21)32-18-8-9-19-17(12-18)4-3-5-20(19)26(29)28-15-16-6-7-16;1-2/h3-5,8-14,16H,6-7,15H2,1-2H3,(H,28,29);1-2H3. The van der Waals surface area contributed by atoms with Gasteiger partial charge in [-0.2, -0.15) is 0 Å². The maximum atomic E-state index is 12.7. The summed E-state index contributed by atoms with van der Waals surface area (Å²) in [5, 5.41) is 5.71. The van der Waals surface area contributed by atoms with Gasteiger partial charge in [-0.3, -0.25) is 9.78 Å². The Labute approximate surface area is 199 Å². The summed E-state index contributed by atoms with van der Waals surface area (Å²) in [5.41, 5.74) is 1.43. The first-order valence-electron chi connectivity index (χ1n) is 11.7. The number of amides is 1. The number of pyridine rings is 1. The molecule has 1 aliphatic carbocycles. The molecule has 0 spiro atoms. The number of hydrogen-bond acceptors (Lipinski definition) is 5. The molecule has 0 aliphatic heterocycles. The molecule has 5 rings (SSSR count). The van der Waals surface area contributed by atoms with Crippen molar-refractivity contribution in [1.82, 2.24) is 10.3 Å². The summed E-state index contributed by atoms with van der Waals surface area (Å²) in [4.78, 5) is 17.1. The fraction of sp³-hybridized carbons (Fsp3) is 0.286. The van der Waals surface area contributed by atoms with E-state index in [1.165, 1.54) is 12.8 Å². The van der Waals surface area contributed by atoms with Crippen molar-refractivity contribution in [3.63, 3.8) is 0 Å². The number of fused-ring (bicyclic) bond motifs is 2. The number of carbonyl (C=O) groups excluding carboxylic acids is 1. The minimum Gasteiger partial charge on any atom is -0.493 e. The lowest BCUT2D eigenvalue weighted by molar-refractivity contribution is 0.0953. The van der Waals surface area contributed by atoms with Crippen LogP contribution in [0.4, 0.5) is 0 Å². The minimum atomic E-state index is -0.0302. The molecule has 6 nitrogen and oxygen atoms in total. The van der Waals surface area contributed by atoms with E-state index >= 15 is 0 Å². The second kappa shape index (κ2) is 10.4. The zero-order valence-corrected chi connectivity index (χ0v) is 20.1. The van der Waals surface area contributed by atoms with E-state index in [1.807, 2.05) is 68.4 Å². The summed E-state index contributed by atoms with van der Waals surface area (Å²) >= 11 is 0. The first-order chi connectivity index (χ1) is 16.7. The molecule has 1 fully saturated rings. The molecule has 4 aromatic rings. The van der Waals surface area contributed by atoms with E-state index in [4.69, 9.17) is 14.2 Å². The van der Waals surface area contributed by atoms with Crippen LogP contribution in [0.3, 0.4) is 0 Å². The molecule has 1 aromatic heterocycles. The zero-order chi connectivity index (χ0) is 24.1. The van der Waals surface area contributed by atoms with Gasteiger partial charge in [0.05, 0.1) is 19.7 Å². The van der Waals surface area contributed by atoms with Crippen LogP contribution in [0.1, 0.15) is 37.0 Å².